The van der Waals surface area contributed by atoms with Gasteiger partial charge in [-0.15, -0.1) is 11.3 Å². The number of ether oxygens (including phenoxy) is 1. The van der Waals surface area contributed by atoms with Crippen LogP contribution in [-0.4, -0.2) is 7.11 Å². The van der Waals surface area contributed by atoms with Gasteiger partial charge in [0, 0.05) is 27.6 Å². The quantitative estimate of drug-likeness (QED) is 0.869. The number of methoxy groups -OCH3 is 1. The molecule has 0 spiro atoms. The molecule has 0 aliphatic heterocycles. The Morgan fingerprint density at radius 2 is 2.18 bits per heavy atom. The predicted molar refractivity (Wildman–Crippen MR) is 77.3 cm³/mol. The van der Waals surface area contributed by atoms with Gasteiger partial charge in [0.1, 0.15) is 5.75 Å². The van der Waals surface area contributed by atoms with Crippen molar-refractivity contribution in [2.75, 3.05) is 12.4 Å². The molecule has 0 saturated carbocycles. The highest BCUT2D eigenvalue weighted by Crippen LogP contribution is 2.26. The van der Waals surface area contributed by atoms with E-state index >= 15 is 0 Å². The third-order valence-electron chi connectivity index (χ3n) is 2.20. The number of thiophene rings is 1. The molecule has 2 rings (SSSR count). The Hall–Kier alpha value is -0.710. The Labute approximate surface area is 118 Å². The largest absolute Gasteiger partial charge is 0.497 e. The maximum Gasteiger partial charge on any atom is 0.122 e. The third-order valence-corrected chi connectivity index (χ3v) is 3.89. The average molecular weight is 333 g/mol. The van der Waals surface area contributed by atoms with Gasteiger partial charge in [-0.05, 0) is 24.3 Å². The zero-order chi connectivity index (χ0) is 12.3. The third kappa shape index (κ3) is 3.63. The van der Waals surface area contributed by atoms with Crippen LogP contribution in [0.15, 0.2) is 34.8 Å². The van der Waals surface area contributed by atoms with E-state index < -0.39 is 0 Å². The molecular formula is C12H11BrClNOS. The number of anilines is 1. The minimum absolute atomic E-state index is 0.761. The molecule has 0 saturated heterocycles. The number of nitrogens with one attached hydrogen (secondary N) is 1. The Morgan fingerprint density at radius 3 is 2.82 bits per heavy atom. The summed E-state index contributed by atoms with van der Waals surface area (Å²) in [6.45, 7) is 0.761. The molecule has 1 heterocycles. The van der Waals surface area contributed by atoms with Gasteiger partial charge in [0.25, 0.3) is 0 Å². The molecule has 1 aromatic carbocycles. The van der Waals surface area contributed by atoms with Gasteiger partial charge >= 0.3 is 0 Å². The summed E-state index contributed by atoms with van der Waals surface area (Å²) in [5, 5.41) is 3.33. The fourth-order valence-electron chi connectivity index (χ4n) is 1.42. The van der Waals surface area contributed by atoms with Crippen LogP contribution in [0.3, 0.4) is 0 Å². The molecule has 0 fully saturated rings. The Balaban J connectivity index is 2.05. The summed E-state index contributed by atoms with van der Waals surface area (Å²) >= 11 is 10.9. The summed E-state index contributed by atoms with van der Waals surface area (Å²) < 4.78 is 7.01. The predicted octanol–water partition coefficient (Wildman–Crippen LogP) is 4.78. The van der Waals surface area contributed by atoms with E-state index in [1.54, 1.807) is 18.4 Å². The van der Waals surface area contributed by atoms with E-state index in [4.69, 9.17) is 16.3 Å². The van der Waals surface area contributed by atoms with Crippen molar-refractivity contribution in [3.63, 3.8) is 0 Å². The van der Waals surface area contributed by atoms with Gasteiger partial charge < -0.3 is 10.1 Å². The molecule has 0 bridgehead atoms. The van der Waals surface area contributed by atoms with E-state index in [1.165, 1.54) is 4.88 Å². The van der Waals surface area contributed by atoms with Crippen molar-refractivity contribution in [2.45, 2.75) is 6.54 Å². The molecule has 0 aliphatic carbocycles. The Kier molecular flexibility index (Phi) is 4.31. The molecular weight excluding hydrogens is 322 g/mol. The highest BCUT2D eigenvalue weighted by molar-refractivity contribution is 9.10. The summed E-state index contributed by atoms with van der Waals surface area (Å²) in [7, 11) is 1.66. The van der Waals surface area contributed by atoms with Crippen LogP contribution in [0.2, 0.25) is 4.34 Å². The highest BCUT2D eigenvalue weighted by Gasteiger charge is 2.01. The van der Waals surface area contributed by atoms with Gasteiger partial charge in [-0.2, -0.15) is 0 Å². The van der Waals surface area contributed by atoms with Crippen LogP contribution in [-0.2, 0) is 6.54 Å². The summed E-state index contributed by atoms with van der Waals surface area (Å²) in [5.41, 5.74) is 1.01. The maximum atomic E-state index is 5.88. The van der Waals surface area contributed by atoms with Gasteiger partial charge in [-0.25, -0.2) is 0 Å². The maximum absolute atomic E-state index is 5.88. The topological polar surface area (TPSA) is 21.3 Å². The second kappa shape index (κ2) is 5.76. The molecule has 17 heavy (non-hydrogen) atoms. The molecule has 5 heteroatoms. The minimum atomic E-state index is 0.761. The van der Waals surface area contributed by atoms with Crippen LogP contribution >= 0.6 is 38.9 Å². The summed E-state index contributed by atoms with van der Waals surface area (Å²) in [4.78, 5) is 1.20. The van der Waals surface area contributed by atoms with Crippen molar-refractivity contribution in [3.05, 3.63) is 44.0 Å². The summed E-state index contributed by atoms with van der Waals surface area (Å²) in [5.74, 6) is 0.825. The fourth-order valence-corrected chi connectivity index (χ4v) is 2.92. The number of rotatable bonds is 4. The molecule has 2 nitrogen and oxygen atoms in total. The van der Waals surface area contributed by atoms with E-state index in [1.807, 2.05) is 30.3 Å². The summed E-state index contributed by atoms with van der Waals surface area (Å²) in [6, 6.07) is 9.82. The van der Waals surface area contributed by atoms with Crippen LogP contribution in [0.5, 0.6) is 5.75 Å². The summed E-state index contributed by atoms with van der Waals surface area (Å²) in [6.07, 6.45) is 0. The van der Waals surface area contributed by atoms with E-state index in [9.17, 15) is 0 Å². The molecule has 0 atom stereocenters. The first-order chi connectivity index (χ1) is 8.17. The van der Waals surface area contributed by atoms with Crippen molar-refractivity contribution >= 4 is 44.6 Å². The second-order valence-corrected chi connectivity index (χ2v) is 6.15. The molecule has 0 radical (unpaired) electrons. The lowest BCUT2D eigenvalue weighted by molar-refractivity contribution is 0.414. The van der Waals surface area contributed by atoms with E-state index in [-0.39, 0.29) is 0 Å². The zero-order valence-electron chi connectivity index (χ0n) is 9.17. The van der Waals surface area contributed by atoms with Crippen LogP contribution in [0.1, 0.15) is 4.88 Å². The molecule has 1 N–H and O–H groups in total. The number of benzene rings is 1. The molecule has 2 aromatic rings. The average Bonchev–Trinajstić information content (AvgIpc) is 2.72. The monoisotopic (exact) mass is 331 g/mol. The van der Waals surface area contributed by atoms with Gasteiger partial charge in [0.05, 0.1) is 11.4 Å². The highest BCUT2D eigenvalue weighted by atomic mass is 79.9. The molecule has 0 aliphatic rings. The molecule has 90 valence electrons. The first-order valence-electron chi connectivity index (χ1n) is 5.00. The van der Waals surface area contributed by atoms with Crippen molar-refractivity contribution < 1.29 is 4.74 Å². The lowest BCUT2D eigenvalue weighted by atomic mass is 10.3. The van der Waals surface area contributed by atoms with Crippen molar-refractivity contribution in [2.24, 2.45) is 0 Å². The first kappa shape index (κ1) is 12.7. The van der Waals surface area contributed by atoms with E-state index in [0.29, 0.717) is 0 Å². The van der Waals surface area contributed by atoms with Crippen LogP contribution in [0, 0.1) is 0 Å². The van der Waals surface area contributed by atoms with Gasteiger partial charge in [-0.3, -0.25) is 0 Å². The van der Waals surface area contributed by atoms with Crippen LogP contribution < -0.4 is 10.1 Å². The standard InChI is InChI=1S/C12H11BrClNOS/c1-16-10-5-8(13)4-9(6-10)15-7-11-2-3-12(14)17-11/h2-6,15H,7H2,1H3. The van der Waals surface area contributed by atoms with Crippen molar-refractivity contribution in [3.8, 4) is 5.75 Å². The Morgan fingerprint density at radius 1 is 1.35 bits per heavy atom. The number of halogens is 2. The zero-order valence-corrected chi connectivity index (χ0v) is 12.3. The minimum Gasteiger partial charge on any atom is -0.497 e. The molecule has 0 amide bonds. The lowest BCUT2D eigenvalue weighted by Gasteiger charge is -2.08. The smallest absolute Gasteiger partial charge is 0.122 e. The van der Waals surface area contributed by atoms with E-state index in [0.717, 1.165) is 26.8 Å². The van der Waals surface area contributed by atoms with Gasteiger partial charge in [0.2, 0.25) is 0 Å². The van der Waals surface area contributed by atoms with Crippen molar-refractivity contribution in [1.29, 1.82) is 0 Å². The van der Waals surface area contributed by atoms with Crippen LogP contribution in [0.4, 0.5) is 5.69 Å². The number of hydrogen-bond donors (Lipinski definition) is 1. The lowest BCUT2D eigenvalue weighted by Crippen LogP contribution is -1.97. The second-order valence-electron chi connectivity index (χ2n) is 3.44. The van der Waals surface area contributed by atoms with Gasteiger partial charge in [-0.1, -0.05) is 27.5 Å². The Bertz CT molecular complexity index is 515. The van der Waals surface area contributed by atoms with E-state index in [2.05, 4.69) is 21.2 Å². The number of hydrogen-bond acceptors (Lipinski definition) is 3. The SMILES string of the molecule is COc1cc(Br)cc(NCc2ccc(Cl)s2)c1. The first-order valence-corrected chi connectivity index (χ1v) is 6.99. The normalized spacial score (nSPS) is 10.3. The fraction of sp³-hybridized carbons (Fsp3) is 0.167. The van der Waals surface area contributed by atoms with Crippen LogP contribution in [0.25, 0.3) is 0 Å². The van der Waals surface area contributed by atoms with Gasteiger partial charge in [0.15, 0.2) is 0 Å². The van der Waals surface area contributed by atoms with Crippen molar-refractivity contribution in [1.82, 2.24) is 0 Å². The molecule has 1 aromatic heterocycles. The molecule has 0 unspecified atom stereocenters.